The molecule has 2 aromatic rings. The Balaban J connectivity index is 1.54. The number of nitrogens with one attached hydrogen (secondary N) is 1. The van der Waals surface area contributed by atoms with Crippen molar-refractivity contribution in [1.29, 1.82) is 0 Å². The Bertz CT molecular complexity index is 961. The predicted molar refractivity (Wildman–Crippen MR) is 115 cm³/mol. The van der Waals surface area contributed by atoms with Gasteiger partial charge in [-0.3, -0.25) is 9.59 Å². The van der Waals surface area contributed by atoms with E-state index < -0.39 is 0 Å². The summed E-state index contributed by atoms with van der Waals surface area (Å²) in [5.74, 6) is 1.61. The molecule has 6 heteroatoms. The number of aromatic nitrogens is 2. The summed E-state index contributed by atoms with van der Waals surface area (Å²) in [6.07, 6.45) is 5.81. The van der Waals surface area contributed by atoms with E-state index in [4.69, 9.17) is 4.98 Å². The summed E-state index contributed by atoms with van der Waals surface area (Å²) in [6.45, 7) is 4.64. The fraction of sp³-hybridized carbons (Fsp3) is 0.542. The van der Waals surface area contributed by atoms with Crippen LogP contribution in [0.3, 0.4) is 0 Å². The van der Waals surface area contributed by atoms with Gasteiger partial charge >= 0.3 is 0 Å². The van der Waals surface area contributed by atoms with Gasteiger partial charge in [-0.1, -0.05) is 30.3 Å². The van der Waals surface area contributed by atoms with E-state index in [0.29, 0.717) is 36.9 Å². The lowest BCUT2D eigenvalue weighted by Crippen LogP contribution is -2.42. The van der Waals surface area contributed by atoms with Crippen molar-refractivity contribution >= 4 is 11.8 Å². The van der Waals surface area contributed by atoms with Gasteiger partial charge < -0.3 is 14.8 Å². The molecule has 6 nitrogen and oxygen atoms in total. The number of rotatable bonds is 5. The molecule has 3 heterocycles. The number of imidazole rings is 1. The van der Waals surface area contributed by atoms with Crippen molar-refractivity contribution in [3.63, 3.8) is 0 Å². The number of fused-ring (bicyclic) bond motifs is 3. The summed E-state index contributed by atoms with van der Waals surface area (Å²) >= 11 is 0. The maximum absolute atomic E-state index is 13.1. The van der Waals surface area contributed by atoms with Crippen molar-refractivity contribution in [2.45, 2.75) is 77.0 Å². The molecular formula is C24H30N4O2. The highest BCUT2D eigenvalue weighted by atomic mass is 16.2. The standard InChI is InChI=1S/C24H30N4O2/c1-15(2)25-24(30)22-20-13-18-10-11-19(28(18)21(29)12-16-8-9-16)14-27(20)23(26-22)17-6-4-3-5-7-17/h3-7,15-16,18-19H,8-14H2,1-2H3,(H,25,30)/t18-,19+/m0/s1. The SMILES string of the molecule is CC(C)NC(=O)c1nc(-c2ccccc2)n2c1C[C@@H]1CC[C@H](C2)N1C(=O)CC1CC1. The van der Waals surface area contributed by atoms with E-state index >= 15 is 0 Å². The Morgan fingerprint density at radius 2 is 1.83 bits per heavy atom. The monoisotopic (exact) mass is 406 g/mol. The van der Waals surface area contributed by atoms with Gasteiger partial charge in [0.15, 0.2) is 0 Å². The van der Waals surface area contributed by atoms with E-state index in [-0.39, 0.29) is 24.0 Å². The van der Waals surface area contributed by atoms with Gasteiger partial charge in [0.25, 0.3) is 5.91 Å². The lowest BCUT2D eigenvalue weighted by molar-refractivity contribution is -0.134. The van der Waals surface area contributed by atoms with Gasteiger partial charge in [-0.15, -0.1) is 0 Å². The van der Waals surface area contributed by atoms with Crippen LogP contribution in [-0.4, -0.2) is 44.4 Å². The van der Waals surface area contributed by atoms with Crippen LogP contribution in [0.4, 0.5) is 0 Å². The van der Waals surface area contributed by atoms with E-state index in [1.54, 1.807) is 0 Å². The van der Waals surface area contributed by atoms with Crippen LogP contribution in [0, 0.1) is 5.92 Å². The first-order valence-corrected chi connectivity index (χ1v) is 11.3. The average Bonchev–Trinajstić information content (AvgIpc) is 3.37. The third kappa shape index (κ3) is 3.53. The van der Waals surface area contributed by atoms with Crippen molar-refractivity contribution in [2.24, 2.45) is 5.92 Å². The second-order valence-corrected chi connectivity index (χ2v) is 9.37. The number of amides is 2. The molecule has 30 heavy (non-hydrogen) atoms. The van der Waals surface area contributed by atoms with Gasteiger partial charge in [0.1, 0.15) is 11.5 Å². The fourth-order valence-corrected chi connectivity index (χ4v) is 5.07. The molecule has 1 aromatic carbocycles. The topological polar surface area (TPSA) is 67.2 Å². The minimum atomic E-state index is -0.121. The Morgan fingerprint density at radius 3 is 2.53 bits per heavy atom. The third-order valence-electron chi connectivity index (χ3n) is 6.63. The molecule has 2 atom stereocenters. The molecule has 1 N–H and O–H groups in total. The third-order valence-corrected chi connectivity index (χ3v) is 6.63. The van der Waals surface area contributed by atoms with Crippen LogP contribution < -0.4 is 5.32 Å². The first kappa shape index (κ1) is 19.3. The number of carbonyl (C=O) groups excluding carboxylic acids is 2. The second kappa shape index (κ2) is 7.56. The van der Waals surface area contributed by atoms with Gasteiger partial charge in [0.2, 0.25) is 5.91 Å². The predicted octanol–water partition coefficient (Wildman–Crippen LogP) is 3.40. The lowest BCUT2D eigenvalue weighted by Gasteiger charge is -2.28. The quantitative estimate of drug-likeness (QED) is 0.828. The Hall–Kier alpha value is -2.63. The molecule has 0 spiro atoms. The van der Waals surface area contributed by atoms with Crippen LogP contribution in [0.1, 0.15) is 62.1 Å². The first-order valence-electron chi connectivity index (χ1n) is 11.3. The molecule has 1 saturated heterocycles. The summed E-state index contributed by atoms with van der Waals surface area (Å²) < 4.78 is 2.21. The van der Waals surface area contributed by atoms with Crippen molar-refractivity contribution in [2.75, 3.05) is 0 Å². The highest BCUT2D eigenvalue weighted by molar-refractivity contribution is 5.94. The Labute approximate surface area is 177 Å². The highest BCUT2D eigenvalue weighted by Crippen LogP contribution is 2.39. The number of carbonyl (C=O) groups is 2. The summed E-state index contributed by atoms with van der Waals surface area (Å²) in [5.41, 5.74) is 2.50. The van der Waals surface area contributed by atoms with Gasteiger partial charge in [0.05, 0.1) is 11.7 Å². The second-order valence-electron chi connectivity index (χ2n) is 9.37. The summed E-state index contributed by atoms with van der Waals surface area (Å²) in [4.78, 5) is 33.1. The zero-order chi connectivity index (χ0) is 20.8. The normalized spacial score (nSPS) is 22.7. The number of nitrogens with zero attached hydrogens (tertiary/aromatic N) is 3. The molecule has 1 saturated carbocycles. The molecule has 5 rings (SSSR count). The average molecular weight is 407 g/mol. The van der Waals surface area contributed by atoms with E-state index in [0.717, 1.165) is 29.9 Å². The smallest absolute Gasteiger partial charge is 0.271 e. The number of hydrogen-bond donors (Lipinski definition) is 1. The highest BCUT2D eigenvalue weighted by Gasteiger charge is 2.43. The maximum Gasteiger partial charge on any atom is 0.271 e. The molecule has 2 aliphatic heterocycles. The molecular weight excluding hydrogens is 376 g/mol. The van der Waals surface area contributed by atoms with Gasteiger partial charge in [-0.05, 0) is 45.4 Å². The molecule has 2 fully saturated rings. The number of hydrogen-bond acceptors (Lipinski definition) is 3. The molecule has 1 aliphatic carbocycles. The number of benzene rings is 1. The molecule has 2 amide bonds. The van der Waals surface area contributed by atoms with E-state index in [1.807, 2.05) is 44.2 Å². The summed E-state index contributed by atoms with van der Waals surface area (Å²) in [6, 6.07) is 10.5. The Morgan fingerprint density at radius 1 is 1.10 bits per heavy atom. The summed E-state index contributed by atoms with van der Waals surface area (Å²) in [7, 11) is 0. The van der Waals surface area contributed by atoms with Gasteiger partial charge in [-0.2, -0.15) is 0 Å². The van der Waals surface area contributed by atoms with Crippen molar-refractivity contribution in [3.8, 4) is 11.4 Å². The molecule has 3 aliphatic rings. The van der Waals surface area contributed by atoms with E-state index in [1.165, 1.54) is 12.8 Å². The maximum atomic E-state index is 13.1. The van der Waals surface area contributed by atoms with Crippen LogP contribution >= 0.6 is 0 Å². The van der Waals surface area contributed by atoms with Crippen molar-refractivity contribution in [1.82, 2.24) is 19.8 Å². The zero-order valence-electron chi connectivity index (χ0n) is 17.8. The molecule has 0 radical (unpaired) electrons. The Kier molecular flexibility index (Phi) is 4.88. The molecule has 1 aromatic heterocycles. The fourth-order valence-electron chi connectivity index (χ4n) is 5.07. The van der Waals surface area contributed by atoms with Crippen molar-refractivity contribution < 1.29 is 9.59 Å². The molecule has 158 valence electrons. The minimum absolute atomic E-state index is 0.0499. The largest absolute Gasteiger partial charge is 0.348 e. The molecule has 2 bridgehead atoms. The van der Waals surface area contributed by atoms with E-state index in [2.05, 4.69) is 14.8 Å². The van der Waals surface area contributed by atoms with Gasteiger partial charge in [0, 0.05) is 37.0 Å². The van der Waals surface area contributed by atoms with Crippen LogP contribution in [0.2, 0.25) is 0 Å². The van der Waals surface area contributed by atoms with Crippen molar-refractivity contribution in [3.05, 3.63) is 41.7 Å². The zero-order valence-corrected chi connectivity index (χ0v) is 17.8. The lowest BCUT2D eigenvalue weighted by atomic mass is 10.0. The van der Waals surface area contributed by atoms with Crippen LogP contribution in [0.25, 0.3) is 11.4 Å². The summed E-state index contributed by atoms with van der Waals surface area (Å²) in [5, 5.41) is 3.01. The first-order chi connectivity index (χ1) is 14.5. The molecule has 0 unspecified atom stereocenters. The van der Waals surface area contributed by atoms with Crippen LogP contribution in [0.5, 0.6) is 0 Å². The van der Waals surface area contributed by atoms with E-state index in [9.17, 15) is 9.59 Å². The van der Waals surface area contributed by atoms with Crippen LogP contribution in [-0.2, 0) is 17.8 Å². The minimum Gasteiger partial charge on any atom is -0.348 e. The van der Waals surface area contributed by atoms with Crippen LogP contribution in [0.15, 0.2) is 30.3 Å². The van der Waals surface area contributed by atoms with Gasteiger partial charge in [-0.25, -0.2) is 4.98 Å².